The molecule has 0 saturated carbocycles. The van der Waals surface area contributed by atoms with Crippen LogP contribution in [0.25, 0.3) is 27.9 Å². The van der Waals surface area contributed by atoms with Crippen LogP contribution in [0.15, 0.2) is 73.2 Å². The Morgan fingerprint density at radius 1 is 0.935 bits per heavy atom. The number of carbonyl (C=O) groups excluding carboxylic acids is 2. The number of ether oxygens (including phenoxy) is 2. The zero-order valence-corrected chi connectivity index (χ0v) is 26.6. The number of fused-ring (bicyclic) bond motifs is 1. The van der Waals surface area contributed by atoms with Crippen molar-refractivity contribution in [2.24, 2.45) is 0 Å². The zero-order chi connectivity index (χ0) is 33.4. The van der Waals surface area contributed by atoms with Gasteiger partial charge in [-0.05, 0) is 83.9 Å². The molecule has 0 N–H and O–H groups in total. The number of carbonyl (C=O) groups is 2. The van der Waals surface area contributed by atoms with Crippen molar-refractivity contribution in [2.75, 3.05) is 4.90 Å². The van der Waals surface area contributed by atoms with Gasteiger partial charge in [0.2, 0.25) is 0 Å². The van der Waals surface area contributed by atoms with Crippen LogP contribution in [0.3, 0.4) is 0 Å². The molecule has 3 aromatic heterocycles. The lowest BCUT2D eigenvalue weighted by atomic mass is 10.00. The van der Waals surface area contributed by atoms with Crippen molar-refractivity contribution >= 4 is 23.8 Å². The SMILES string of the molecule is C[C@@H](c1ccc(C#N)cc1)n1cc(-c2cccc(-c3ccn4nc(N(C(=O)OC(C)(C)C)C(=O)OC(C)(C)C)nc4c3)c2F)cn1. The Hall–Kier alpha value is -5.57. The fourth-order valence-electron chi connectivity index (χ4n) is 4.64. The zero-order valence-electron chi connectivity index (χ0n) is 26.6. The van der Waals surface area contributed by atoms with E-state index in [0.717, 1.165) is 5.56 Å². The highest BCUT2D eigenvalue weighted by molar-refractivity contribution is 6.08. The molecule has 0 bridgehead atoms. The molecule has 12 heteroatoms. The highest BCUT2D eigenvalue weighted by atomic mass is 19.1. The molecule has 0 aliphatic heterocycles. The Morgan fingerprint density at radius 3 is 2.13 bits per heavy atom. The van der Waals surface area contributed by atoms with Crippen molar-refractivity contribution in [3.8, 4) is 28.3 Å². The topological polar surface area (TPSA) is 128 Å². The van der Waals surface area contributed by atoms with E-state index in [2.05, 4.69) is 21.3 Å². The summed E-state index contributed by atoms with van der Waals surface area (Å²) < 4.78 is 30.1. The van der Waals surface area contributed by atoms with Crippen molar-refractivity contribution in [3.05, 3.63) is 90.1 Å². The molecule has 0 unspecified atom stereocenters. The molecule has 0 spiro atoms. The molecule has 2 amide bonds. The van der Waals surface area contributed by atoms with Crippen LogP contribution >= 0.6 is 0 Å². The largest absolute Gasteiger partial charge is 0.443 e. The molecule has 0 saturated heterocycles. The van der Waals surface area contributed by atoms with E-state index in [9.17, 15) is 9.59 Å². The molecule has 0 aliphatic rings. The number of benzene rings is 2. The number of imide groups is 1. The summed E-state index contributed by atoms with van der Waals surface area (Å²) in [5.74, 6) is -0.708. The fourth-order valence-corrected chi connectivity index (χ4v) is 4.64. The van der Waals surface area contributed by atoms with Gasteiger partial charge in [-0.2, -0.15) is 15.3 Å². The van der Waals surface area contributed by atoms with Crippen molar-refractivity contribution < 1.29 is 23.5 Å². The summed E-state index contributed by atoms with van der Waals surface area (Å²) in [4.78, 5) is 31.2. The van der Waals surface area contributed by atoms with Crippen LogP contribution in [0.5, 0.6) is 0 Å². The van der Waals surface area contributed by atoms with Gasteiger partial charge in [-0.15, -0.1) is 10.00 Å². The van der Waals surface area contributed by atoms with E-state index in [1.54, 1.807) is 107 Å². The van der Waals surface area contributed by atoms with E-state index >= 15 is 4.39 Å². The first-order valence-electron chi connectivity index (χ1n) is 14.6. The van der Waals surface area contributed by atoms with Crippen LogP contribution in [-0.4, -0.2) is 47.8 Å². The third kappa shape index (κ3) is 6.89. The summed E-state index contributed by atoms with van der Waals surface area (Å²) >= 11 is 0. The molecule has 5 aromatic rings. The van der Waals surface area contributed by atoms with Gasteiger partial charge < -0.3 is 9.47 Å². The van der Waals surface area contributed by atoms with Crippen LogP contribution in [-0.2, 0) is 9.47 Å². The van der Waals surface area contributed by atoms with E-state index in [-0.39, 0.29) is 17.6 Å². The lowest BCUT2D eigenvalue weighted by Gasteiger charge is -2.26. The Morgan fingerprint density at radius 2 is 1.54 bits per heavy atom. The van der Waals surface area contributed by atoms with Crippen LogP contribution in [0.4, 0.5) is 19.9 Å². The monoisotopic (exact) mass is 623 g/mol. The van der Waals surface area contributed by atoms with Crippen molar-refractivity contribution in [2.45, 2.75) is 65.7 Å². The lowest BCUT2D eigenvalue weighted by Crippen LogP contribution is -2.44. The van der Waals surface area contributed by atoms with E-state index in [4.69, 9.17) is 14.7 Å². The molecular formula is C34H34FN7O4. The standard InChI is InChI=1S/C34H34FN7O4/c1-21(23-13-11-22(18-36)12-14-23)41-20-25(19-37-41)27-10-8-9-26(29(27)35)24-15-16-40-28(17-24)38-30(39-40)42(31(43)45-33(2,3)4)32(44)46-34(5,6)7/h8-17,19-21H,1-7H3/t21-/m0/s1. The maximum atomic E-state index is 16.1. The number of rotatable bonds is 5. The molecule has 46 heavy (non-hydrogen) atoms. The van der Waals surface area contributed by atoms with Crippen molar-refractivity contribution in [1.29, 1.82) is 5.26 Å². The summed E-state index contributed by atoms with van der Waals surface area (Å²) in [5, 5.41) is 17.9. The van der Waals surface area contributed by atoms with Gasteiger partial charge in [0.25, 0.3) is 5.95 Å². The first kappa shape index (κ1) is 31.8. The van der Waals surface area contributed by atoms with Crippen LogP contribution in [0.2, 0.25) is 0 Å². The first-order chi connectivity index (χ1) is 21.6. The van der Waals surface area contributed by atoms with Gasteiger partial charge in [0.1, 0.15) is 17.0 Å². The smallest absolute Gasteiger partial charge is 0.427 e. The lowest BCUT2D eigenvalue weighted by molar-refractivity contribution is 0.0427. The molecule has 1 atom stereocenters. The average molecular weight is 624 g/mol. The minimum Gasteiger partial charge on any atom is -0.443 e. The van der Waals surface area contributed by atoms with Gasteiger partial charge in [0.05, 0.1) is 23.9 Å². The molecule has 11 nitrogen and oxygen atoms in total. The molecule has 3 heterocycles. The number of nitriles is 1. The molecule has 0 fully saturated rings. The van der Waals surface area contributed by atoms with Gasteiger partial charge in [-0.3, -0.25) is 4.68 Å². The Kier molecular flexibility index (Phi) is 8.36. The Balaban J connectivity index is 1.46. The number of hydrogen-bond acceptors (Lipinski definition) is 8. The summed E-state index contributed by atoms with van der Waals surface area (Å²) in [6.07, 6.45) is 2.96. The van der Waals surface area contributed by atoms with E-state index in [1.807, 2.05) is 19.1 Å². The van der Waals surface area contributed by atoms with Gasteiger partial charge in [-0.25, -0.2) is 18.5 Å². The van der Waals surface area contributed by atoms with Gasteiger partial charge >= 0.3 is 12.2 Å². The number of anilines is 1. The minimum atomic E-state index is -0.995. The van der Waals surface area contributed by atoms with Crippen LogP contribution in [0, 0.1) is 17.1 Å². The number of hydrogen-bond donors (Lipinski definition) is 0. The van der Waals surface area contributed by atoms with E-state index in [0.29, 0.717) is 32.7 Å². The molecular weight excluding hydrogens is 589 g/mol. The van der Waals surface area contributed by atoms with Gasteiger partial charge in [0.15, 0.2) is 5.65 Å². The summed E-state index contributed by atoms with van der Waals surface area (Å²) in [6, 6.07) is 17.6. The van der Waals surface area contributed by atoms with Crippen molar-refractivity contribution in [1.82, 2.24) is 24.4 Å². The fraction of sp³-hybridized carbons (Fsp3) is 0.294. The summed E-state index contributed by atoms with van der Waals surface area (Å²) in [6.45, 7) is 12.0. The highest BCUT2D eigenvalue weighted by Crippen LogP contribution is 2.32. The second kappa shape index (κ2) is 12.1. The second-order valence-electron chi connectivity index (χ2n) is 12.7. The molecule has 0 radical (unpaired) electrons. The quantitative estimate of drug-likeness (QED) is 0.196. The molecule has 5 rings (SSSR count). The van der Waals surface area contributed by atoms with Crippen LogP contribution in [0.1, 0.15) is 65.6 Å². The Bertz CT molecular complexity index is 1930. The maximum Gasteiger partial charge on any atom is 0.427 e. The van der Waals surface area contributed by atoms with Gasteiger partial charge in [-0.1, -0.05) is 30.3 Å². The van der Waals surface area contributed by atoms with Gasteiger partial charge in [0, 0.05) is 29.1 Å². The number of aromatic nitrogens is 5. The van der Waals surface area contributed by atoms with E-state index < -0.39 is 29.2 Å². The van der Waals surface area contributed by atoms with Crippen LogP contribution < -0.4 is 4.90 Å². The maximum absolute atomic E-state index is 16.1. The number of pyridine rings is 1. The number of amides is 2. The average Bonchev–Trinajstić information content (AvgIpc) is 3.62. The van der Waals surface area contributed by atoms with Crippen molar-refractivity contribution in [3.63, 3.8) is 0 Å². The molecule has 236 valence electrons. The summed E-state index contributed by atoms with van der Waals surface area (Å²) in [5.41, 5.74) is 1.77. The predicted molar refractivity (Wildman–Crippen MR) is 170 cm³/mol. The predicted octanol–water partition coefficient (Wildman–Crippen LogP) is 7.56. The van der Waals surface area contributed by atoms with E-state index in [1.165, 1.54) is 4.52 Å². The Labute approximate surface area is 265 Å². The third-order valence-corrected chi connectivity index (χ3v) is 6.82. The molecule has 2 aromatic carbocycles. The molecule has 0 aliphatic carbocycles. The number of halogens is 1. The number of nitrogens with zero attached hydrogens (tertiary/aromatic N) is 7. The summed E-state index contributed by atoms with van der Waals surface area (Å²) in [7, 11) is 0. The minimum absolute atomic E-state index is 0.141. The first-order valence-corrected chi connectivity index (χ1v) is 14.6. The highest BCUT2D eigenvalue weighted by Gasteiger charge is 2.35. The normalized spacial score (nSPS) is 12.4. The second-order valence-corrected chi connectivity index (χ2v) is 12.7. The third-order valence-electron chi connectivity index (χ3n) is 6.82.